The van der Waals surface area contributed by atoms with E-state index in [0.29, 0.717) is 64.2 Å². The Kier molecular flexibility index (Phi) is 21.1. The van der Waals surface area contributed by atoms with Crippen molar-refractivity contribution >= 4 is 29.9 Å². The molecule has 0 heterocycles. The first-order valence-corrected chi connectivity index (χ1v) is 23.7. The number of hydrogen-bond acceptors (Lipinski definition) is 10. The fraction of sp³-hybridized carbons (Fsp3) is 0.848. The highest BCUT2D eigenvalue weighted by atomic mass is 16.7. The van der Waals surface area contributed by atoms with Gasteiger partial charge in [0.2, 0.25) is 11.8 Å². The zero-order valence-electron chi connectivity index (χ0n) is 38.7. The maximum atomic E-state index is 12.9. The van der Waals surface area contributed by atoms with Gasteiger partial charge in [-0.1, -0.05) is 65.5 Å². The Labute approximate surface area is 371 Å². The van der Waals surface area contributed by atoms with E-state index in [1.165, 1.54) is 56.9 Å². The largest absolute Gasteiger partial charge is 0.508 e. The number of ether oxygens (including phenoxy) is 4. The Hall–Kier alpha value is -3.63. The van der Waals surface area contributed by atoms with Crippen molar-refractivity contribution in [3.63, 3.8) is 0 Å². The van der Waals surface area contributed by atoms with Crippen LogP contribution in [0, 0.1) is 46.3 Å². The predicted molar refractivity (Wildman–Crippen MR) is 244 cm³/mol. The van der Waals surface area contributed by atoms with Gasteiger partial charge in [-0.25, -0.2) is 4.79 Å². The van der Waals surface area contributed by atoms with Gasteiger partial charge in [-0.3, -0.25) is 19.6 Å². The predicted octanol–water partition coefficient (Wildman–Crippen LogP) is 4.49. The number of allylic oxidation sites excluding steroid dienone is 1. The summed E-state index contributed by atoms with van der Waals surface area (Å²) in [6, 6.07) is -0.774. The van der Waals surface area contributed by atoms with E-state index in [1.807, 2.05) is 0 Å². The standard InChI is InChI=1S/C46H83N9O7/c1-31(2)9-6-10-32(3)36-13-14-37-35-12-11-33-29-34(15-17-45(33,4)38(35)16-18-46(36,37)5)62-44(58)61-28-27-60-26-25-59-24-23-51-39(41(57)53-20-8-22-55-43(49)50)30-40(56)52-19-7-21-54-42(47)48/h11,31-32,34-39,51H,6-10,12-30H2,1-5H3,(H,52,56)(H,53,57)(H4,47,48,54)(H4,49,50,55). The van der Waals surface area contributed by atoms with E-state index in [9.17, 15) is 14.4 Å². The Morgan fingerprint density at radius 2 is 1.47 bits per heavy atom. The van der Waals surface area contributed by atoms with Crippen molar-refractivity contribution in [2.75, 3.05) is 65.8 Å². The van der Waals surface area contributed by atoms with Gasteiger partial charge in [0.05, 0.1) is 38.9 Å². The number of carbonyl (C=O) groups is 3. The summed E-state index contributed by atoms with van der Waals surface area (Å²) in [4.78, 5) is 45.9. The number of rotatable bonds is 27. The van der Waals surface area contributed by atoms with Crippen molar-refractivity contribution in [1.29, 1.82) is 0 Å². The first-order chi connectivity index (χ1) is 29.6. The summed E-state index contributed by atoms with van der Waals surface area (Å²) in [6.45, 7) is 15.4. The van der Waals surface area contributed by atoms with Crippen molar-refractivity contribution in [3.05, 3.63) is 11.6 Å². The number of hydrogen-bond donors (Lipinski definition) is 7. The van der Waals surface area contributed by atoms with Crippen LogP contribution in [0.15, 0.2) is 21.6 Å². The number of carbonyl (C=O) groups excluding carboxylic acids is 3. The van der Waals surface area contributed by atoms with Crippen LogP contribution >= 0.6 is 0 Å². The van der Waals surface area contributed by atoms with Gasteiger partial charge >= 0.3 is 6.16 Å². The second-order valence-corrected chi connectivity index (χ2v) is 19.3. The molecule has 4 aliphatic rings. The molecule has 16 nitrogen and oxygen atoms in total. The third-order valence-electron chi connectivity index (χ3n) is 14.6. The van der Waals surface area contributed by atoms with Gasteiger partial charge < -0.3 is 57.8 Å². The first kappa shape index (κ1) is 51.0. The van der Waals surface area contributed by atoms with E-state index in [-0.39, 0.29) is 61.5 Å². The molecule has 2 amide bonds. The van der Waals surface area contributed by atoms with E-state index < -0.39 is 12.2 Å². The summed E-state index contributed by atoms with van der Waals surface area (Å²) >= 11 is 0. The van der Waals surface area contributed by atoms with E-state index >= 15 is 0 Å². The number of nitrogens with zero attached hydrogens (tertiary/aromatic N) is 2. The van der Waals surface area contributed by atoms with Crippen LogP contribution in [-0.4, -0.2) is 108 Å². The average Bonchev–Trinajstić information content (AvgIpc) is 3.57. The summed E-state index contributed by atoms with van der Waals surface area (Å²) in [5, 5.41) is 8.70. The van der Waals surface area contributed by atoms with Crippen molar-refractivity contribution < 1.29 is 33.3 Å². The topological polar surface area (TPSA) is 253 Å². The van der Waals surface area contributed by atoms with Gasteiger partial charge in [0.15, 0.2) is 11.9 Å². The molecule has 9 atom stereocenters. The Morgan fingerprint density at radius 3 is 2.16 bits per heavy atom. The third kappa shape index (κ3) is 15.6. The van der Waals surface area contributed by atoms with E-state index in [2.05, 4.69) is 66.6 Å². The molecule has 0 aromatic rings. The maximum absolute atomic E-state index is 12.9. The fourth-order valence-corrected chi connectivity index (χ4v) is 11.4. The highest BCUT2D eigenvalue weighted by Gasteiger charge is 2.59. The maximum Gasteiger partial charge on any atom is 0.508 e. The van der Waals surface area contributed by atoms with Crippen molar-refractivity contribution in [1.82, 2.24) is 16.0 Å². The summed E-state index contributed by atoms with van der Waals surface area (Å²) in [7, 11) is 0. The second kappa shape index (κ2) is 25.6. The van der Waals surface area contributed by atoms with Crippen molar-refractivity contribution in [2.24, 2.45) is 79.3 Å². The number of amides is 2. The van der Waals surface area contributed by atoms with Crippen LogP contribution in [0.4, 0.5) is 4.79 Å². The molecule has 3 fully saturated rings. The Bertz CT molecular complexity index is 1500. The molecule has 3 saturated carbocycles. The molecule has 16 heteroatoms. The first-order valence-electron chi connectivity index (χ1n) is 23.7. The van der Waals surface area contributed by atoms with Crippen molar-refractivity contribution in [3.8, 4) is 0 Å². The molecule has 62 heavy (non-hydrogen) atoms. The lowest BCUT2D eigenvalue weighted by molar-refractivity contribution is -0.128. The zero-order chi connectivity index (χ0) is 45.1. The minimum absolute atomic E-state index is 0.00556. The monoisotopic (exact) mass is 874 g/mol. The lowest BCUT2D eigenvalue weighted by Gasteiger charge is -2.58. The molecule has 11 N–H and O–H groups in total. The van der Waals surface area contributed by atoms with Crippen LogP contribution in [0.5, 0.6) is 0 Å². The second-order valence-electron chi connectivity index (χ2n) is 19.3. The van der Waals surface area contributed by atoms with E-state index in [4.69, 9.17) is 41.9 Å². The number of guanidine groups is 2. The van der Waals surface area contributed by atoms with Crippen LogP contribution in [0.1, 0.15) is 125 Å². The molecule has 0 aromatic carbocycles. The van der Waals surface area contributed by atoms with E-state index in [1.54, 1.807) is 0 Å². The highest BCUT2D eigenvalue weighted by Crippen LogP contribution is 2.67. The summed E-state index contributed by atoms with van der Waals surface area (Å²) in [5.74, 6) is 4.17. The molecule has 0 aromatic heterocycles. The van der Waals surface area contributed by atoms with Crippen LogP contribution in [-0.2, 0) is 28.5 Å². The summed E-state index contributed by atoms with van der Waals surface area (Å²) in [5.41, 5.74) is 23.5. The molecule has 4 aliphatic carbocycles. The minimum Gasteiger partial charge on any atom is -0.432 e. The number of nitrogens with one attached hydrogen (secondary N) is 3. The van der Waals surface area contributed by atoms with Crippen molar-refractivity contribution in [2.45, 2.75) is 137 Å². The molecule has 0 radical (unpaired) electrons. The van der Waals surface area contributed by atoms with Crippen LogP contribution in [0.3, 0.4) is 0 Å². The van der Waals surface area contributed by atoms with Gasteiger partial charge in [-0.15, -0.1) is 0 Å². The molecule has 4 rings (SSSR count). The molecule has 354 valence electrons. The average molecular weight is 874 g/mol. The van der Waals surface area contributed by atoms with Crippen LogP contribution in [0.2, 0.25) is 0 Å². The quantitative estimate of drug-likeness (QED) is 0.0198. The zero-order valence-corrected chi connectivity index (χ0v) is 38.7. The smallest absolute Gasteiger partial charge is 0.432 e. The molecular formula is C46H83N9O7. The Morgan fingerprint density at radius 1 is 0.790 bits per heavy atom. The number of aliphatic imine (C=N–C) groups is 2. The van der Waals surface area contributed by atoms with Gasteiger partial charge in [0.25, 0.3) is 0 Å². The molecule has 9 unspecified atom stereocenters. The Balaban J connectivity index is 1.09. The highest BCUT2D eigenvalue weighted by molar-refractivity contribution is 5.88. The number of nitrogens with two attached hydrogens (primary N) is 4. The van der Waals surface area contributed by atoms with Gasteiger partial charge in [0, 0.05) is 39.1 Å². The fourth-order valence-electron chi connectivity index (χ4n) is 11.4. The van der Waals surface area contributed by atoms with E-state index in [0.717, 1.165) is 54.8 Å². The third-order valence-corrected chi connectivity index (χ3v) is 14.6. The SMILES string of the molecule is CC(C)CCCC(C)C1CCC2C3CC=C4CC(OC(=O)OCCOCCOCCNC(CC(=O)NCCCN=C(N)N)C(=O)NCCCN=C(N)N)CCC4(C)C3CCC12C. The van der Waals surface area contributed by atoms with Crippen LogP contribution in [0.25, 0.3) is 0 Å². The lowest BCUT2D eigenvalue weighted by atomic mass is 9.47. The van der Waals surface area contributed by atoms with Gasteiger partial charge in [0.1, 0.15) is 12.7 Å². The molecular weight excluding hydrogens is 791 g/mol. The molecule has 0 saturated heterocycles. The molecule has 0 aliphatic heterocycles. The summed E-state index contributed by atoms with van der Waals surface area (Å²) in [6.07, 6.45) is 16.2. The van der Waals surface area contributed by atoms with Gasteiger partial charge in [-0.2, -0.15) is 0 Å². The molecule has 0 spiro atoms. The van der Waals surface area contributed by atoms with Crippen LogP contribution < -0.4 is 38.9 Å². The minimum atomic E-state index is -0.774. The number of fused-ring (bicyclic) bond motifs is 5. The van der Waals surface area contributed by atoms with Gasteiger partial charge in [-0.05, 0) is 104 Å². The normalized spacial score (nSPS) is 27.4. The summed E-state index contributed by atoms with van der Waals surface area (Å²) < 4.78 is 22.5. The lowest BCUT2D eigenvalue weighted by Crippen LogP contribution is -2.51. The molecule has 0 bridgehead atoms.